The number of hydrogen-bond donors (Lipinski definition) is 2. The molecule has 6 nitrogen and oxygen atoms in total. The van der Waals surface area contributed by atoms with Gasteiger partial charge in [-0.2, -0.15) is 0 Å². The van der Waals surface area contributed by atoms with Crippen molar-refractivity contribution in [1.82, 2.24) is 15.5 Å². The molecule has 0 atom stereocenters. The van der Waals surface area contributed by atoms with Crippen LogP contribution in [0.1, 0.15) is 29.8 Å². The molecule has 0 radical (unpaired) electrons. The minimum absolute atomic E-state index is 0.259. The fraction of sp³-hybridized carbons (Fsp3) is 0.316. The first-order valence-electron chi connectivity index (χ1n) is 8.61. The Morgan fingerprint density at radius 3 is 2.48 bits per heavy atom. The first kappa shape index (κ1) is 17.0. The van der Waals surface area contributed by atoms with Crippen molar-refractivity contribution in [3.05, 3.63) is 54.7 Å². The lowest BCUT2D eigenvalue weighted by Crippen LogP contribution is -2.29. The zero-order chi connectivity index (χ0) is 17.5. The first-order chi connectivity index (χ1) is 12.3. The van der Waals surface area contributed by atoms with Crippen molar-refractivity contribution in [2.24, 2.45) is 0 Å². The van der Waals surface area contributed by atoms with E-state index in [-0.39, 0.29) is 11.6 Å². The molecule has 2 heterocycles. The highest BCUT2D eigenvalue weighted by Gasteiger charge is 2.11. The summed E-state index contributed by atoms with van der Waals surface area (Å²) in [7, 11) is 0. The summed E-state index contributed by atoms with van der Waals surface area (Å²) in [5.74, 6) is 0.343. The Labute approximate surface area is 148 Å². The second-order valence-corrected chi connectivity index (χ2v) is 6.02. The molecule has 1 aromatic carbocycles. The number of anilines is 3. The number of nitrogens with zero attached hydrogens (tertiary/aromatic N) is 3. The monoisotopic (exact) mass is 337 g/mol. The predicted octanol–water partition coefficient (Wildman–Crippen LogP) is 3.13. The molecule has 1 saturated heterocycles. The lowest BCUT2D eigenvalue weighted by molar-refractivity contribution is 0.0952. The Balaban J connectivity index is 1.60. The van der Waals surface area contributed by atoms with E-state index in [1.807, 2.05) is 12.1 Å². The van der Waals surface area contributed by atoms with E-state index in [1.165, 1.54) is 24.9 Å². The highest BCUT2D eigenvalue weighted by molar-refractivity contribution is 5.92. The molecule has 3 rings (SSSR count). The van der Waals surface area contributed by atoms with Crippen molar-refractivity contribution in [2.75, 3.05) is 29.9 Å². The average molecular weight is 337 g/mol. The summed E-state index contributed by atoms with van der Waals surface area (Å²) >= 11 is 0. The molecule has 1 fully saturated rings. The summed E-state index contributed by atoms with van der Waals surface area (Å²) in [6, 6.07) is 11.7. The molecule has 1 aromatic heterocycles. The molecule has 0 saturated carbocycles. The van der Waals surface area contributed by atoms with Gasteiger partial charge in [-0.15, -0.1) is 16.8 Å². The number of carbonyl (C=O) groups is 1. The van der Waals surface area contributed by atoms with Crippen LogP contribution in [0.15, 0.2) is 49.1 Å². The third kappa shape index (κ3) is 4.56. The minimum Gasteiger partial charge on any atom is -0.372 e. The predicted molar refractivity (Wildman–Crippen MR) is 100 cm³/mol. The fourth-order valence-corrected chi connectivity index (χ4v) is 2.83. The van der Waals surface area contributed by atoms with Gasteiger partial charge in [-0.05, 0) is 55.7 Å². The van der Waals surface area contributed by atoms with E-state index in [0.717, 1.165) is 18.8 Å². The molecule has 0 bridgehead atoms. The van der Waals surface area contributed by atoms with Crippen molar-refractivity contribution in [2.45, 2.75) is 19.3 Å². The fourth-order valence-electron chi connectivity index (χ4n) is 2.83. The van der Waals surface area contributed by atoms with E-state index in [1.54, 1.807) is 18.2 Å². The standard InChI is InChI=1S/C19H23N5O/c1-2-12-20-19(25)17-10-11-18(23-22-17)21-15-6-8-16(9-7-15)24-13-4-3-5-14-24/h2,6-11H,1,3-5,12-14H2,(H,20,25)(H,21,23). The summed E-state index contributed by atoms with van der Waals surface area (Å²) in [5.41, 5.74) is 2.48. The van der Waals surface area contributed by atoms with Gasteiger partial charge < -0.3 is 15.5 Å². The summed E-state index contributed by atoms with van der Waals surface area (Å²) in [6.45, 7) is 6.23. The van der Waals surface area contributed by atoms with E-state index >= 15 is 0 Å². The van der Waals surface area contributed by atoms with E-state index in [2.05, 4.69) is 44.4 Å². The Hall–Kier alpha value is -2.89. The van der Waals surface area contributed by atoms with Gasteiger partial charge in [-0.25, -0.2) is 0 Å². The summed E-state index contributed by atoms with van der Waals surface area (Å²) in [6.07, 6.45) is 5.48. The normalized spacial score (nSPS) is 14.0. The molecule has 25 heavy (non-hydrogen) atoms. The van der Waals surface area contributed by atoms with E-state index in [4.69, 9.17) is 0 Å². The van der Waals surface area contributed by atoms with Crippen LogP contribution in [-0.4, -0.2) is 35.7 Å². The number of aromatic nitrogens is 2. The van der Waals surface area contributed by atoms with Gasteiger partial charge >= 0.3 is 0 Å². The number of piperidine rings is 1. The second kappa shape index (κ2) is 8.28. The molecule has 0 aliphatic carbocycles. The smallest absolute Gasteiger partial charge is 0.272 e. The van der Waals surface area contributed by atoms with Crippen LogP contribution in [0.3, 0.4) is 0 Å². The van der Waals surface area contributed by atoms with Crippen LogP contribution in [0.4, 0.5) is 17.2 Å². The van der Waals surface area contributed by atoms with Crippen LogP contribution in [-0.2, 0) is 0 Å². The topological polar surface area (TPSA) is 70.2 Å². The SMILES string of the molecule is C=CCNC(=O)c1ccc(Nc2ccc(N3CCCCC3)cc2)nn1. The molecule has 1 aliphatic heterocycles. The Morgan fingerprint density at radius 1 is 1.08 bits per heavy atom. The van der Waals surface area contributed by atoms with Gasteiger partial charge in [0.15, 0.2) is 11.5 Å². The van der Waals surface area contributed by atoms with Crippen LogP contribution in [0.25, 0.3) is 0 Å². The van der Waals surface area contributed by atoms with Gasteiger partial charge in [0.25, 0.3) is 5.91 Å². The molecular weight excluding hydrogens is 314 g/mol. The van der Waals surface area contributed by atoms with E-state index < -0.39 is 0 Å². The van der Waals surface area contributed by atoms with Crippen molar-refractivity contribution in [3.8, 4) is 0 Å². The summed E-state index contributed by atoms with van der Waals surface area (Å²) < 4.78 is 0. The van der Waals surface area contributed by atoms with Gasteiger partial charge in [-0.1, -0.05) is 6.08 Å². The van der Waals surface area contributed by atoms with Crippen LogP contribution in [0.2, 0.25) is 0 Å². The number of hydrogen-bond acceptors (Lipinski definition) is 5. The Kier molecular flexibility index (Phi) is 5.61. The van der Waals surface area contributed by atoms with Gasteiger partial charge in [0.2, 0.25) is 0 Å². The van der Waals surface area contributed by atoms with Gasteiger partial charge in [-0.3, -0.25) is 4.79 Å². The lowest BCUT2D eigenvalue weighted by Gasteiger charge is -2.28. The van der Waals surface area contributed by atoms with Gasteiger partial charge in [0.05, 0.1) is 0 Å². The average Bonchev–Trinajstić information content (AvgIpc) is 2.68. The van der Waals surface area contributed by atoms with Gasteiger partial charge in [0.1, 0.15) is 0 Å². The number of nitrogens with one attached hydrogen (secondary N) is 2. The third-order valence-corrected chi connectivity index (χ3v) is 4.17. The van der Waals surface area contributed by atoms with Gasteiger partial charge in [0, 0.05) is 31.0 Å². The van der Waals surface area contributed by atoms with Crippen molar-refractivity contribution in [3.63, 3.8) is 0 Å². The molecule has 0 spiro atoms. The maximum absolute atomic E-state index is 11.8. The number of amides is 1. The van der Waals surface area contributed by atoms with Crippen molar-refractivity contribution in [1.29, 1.82) is 0 Å². The maximum atomic E-state index is 11.8. The molecule has 6 heteroatoms. The van der Waals surface area contributed by atoms with Crippen LogP contribution >= 0.6 is 0 Å². The highest BCUT2D eigenvalue weighted by atomic mass is 16.1. The zero-order valence-electron chi connectivity index (χ0n) is 14.2. The molecule has 1 aliphatic rings. The van der Waals surface area contributed by atoms with Crippen LogP contribution in [0.5, 0.6) is 0 Å². The minimum atomic E-state index is -0.259. The lowest BCUT2D eigenvalue weighted by atomic mass is 10.1. The van der Waals surface area contributed by atoms with Crippen LogP contribution in [0, 0.1) is 0 Å². The number of benzene rings is 1. The Bertz CT molecular complexity index is 706. The third-order valence-electron chi connectivity index (χ3n) is 4.17. The zero-order valence-corrected chi connectivity index (χ0v) is 14.2. The summed E-state index contributed by atoms with van der Waals surface area (Å²) in [4.78, 5) is 14.2. The van der Waals surface area contributed by atoms with E-state index in [9.17, 15) is 4.79 Å². The molecule has 0 unspecified atom stereocenters. The molecular formula is C19H23N5O. The quantitative estimate of drug-likeness (QED) is 0.793. The summed E-state index contributed by atoms with van der Waals surface area (Å²) in [5, 5.41) is 13.9. The molecule has 2 N–H and O–H groups in total. The maximum Gasteiger partial charge on any atom is 0.272 e. The Morgan fingerprint density at radius 2 is 1.84 bits per heavy atom. The van der Waals surface area contributed by atoms with E-state index in [0.29, 0.717) is 12.4 Å². The van der Waals surface area contributed by atoms with Crippen LogP contribution < -0.4 is 15.5 Å². The molecule has 1 amide bonds. The molecule has 130 valence electrons. The second-order valence-electron chi connectivity index (χ2n) is 6.02. The molecule has 2 aromatic rings. The van der Waals surface area contributed by atoms with Crippen molar-refractivity contribution < 1.29 is 4.79 Å². The van der Waals surface area contributed by atoms with Crippen molar-refractivity contribution >= 4 is 23.1 Å². The number of rotatable bonds is 6. The number of carbonyl (C=O) groups excluding carboxylic acids is 1. The first-order valence-corrected chi connectivity index (χ1v) is 8.61. The largest absolute Gasteiger partial charge is 0.372 e. The highest BCUT2D eigenvalue weighted by Crippen LogP contribution is 2.23.